The predicted octanol–water partition coefficient (Wildman–Crippen LogP) is 7.38. The molecule has 0 spiro atoms. The molecule has 29 heavy (non-hydrogen) atoms. The summed E-state index contributed by atoms with van der Waals surface area (Å²) in [6.07, 6.45) is 1.92. The molecule has 5 rings (SSSR count). The molecule has 0 aliphatic heterocycles. The summed E-state index contributed by atoms with van der Waals surface area (Å²) in [5.41, 5.74) is 10.2. The third-order valence-corrected chi connectivity index (χ3v) is 6.44. The fourth-order valence-electron chi connectivity index (χ4n) is 4.78. The summed E-state index contributed by atoms with van der Waals surface area (Å²) in [7, 11) is 0. The number of benzene rings is 3. The van der Waals surface area contributed by atoms with Crippen LogP contribution >= 0.6 is 0 Å². The first-order valence-corrected chi connectivity index (χ1v) is 9.94. The zero-order valence-corrected chi connectivity index (χ0v) is 17.2. The number of hydrogen-bond donors (Lipinski definition) is 0. The molecule has 4 aromatic rings. The van der Waals surface area contributed by atoms with Crippen molar-refractivity contribution in [2.45, 2.75) is 33.1 Å². The fraction of sp³-hybridized carbons (Fsp3) is 0.185. The van der Waals surface area contributed by atoms with Gasteiger partial charge in [0.25, 0.3) is 0 Å². The van der Waals surface area contributed by atoms with Gasteiger partial charge in [-0.1, -0.05) is 56.3 Å². The van der Waals surface area contributed by atoms with E-state index < -0.39 is 0 Å². The van der Waals surface area contributed by atoms with E-state index in [1.54, 1.807) is 0 Å². The second-order valence-electron chi connectivity index (χ2n) is 8.48. The third kappa shape index (κ3) is 2.37. The maximum absolute atomic E-state index is 7.71. The van der Waals surface area contributed by atoms with E-state index in [9.17, 15) is 0 Å². The summed E-state index contributed by atoms with van der Waals surface area (Å²) in [6.45, 7) is 16.5. The molecule has 2 heteroatoms. The van der Waals surface area contributed by atoms with Crippen LogP contribution in [0.1, 0.15) is 36.1 Å². The molecule has 140 valence electrons. The number of fused-ring (bicyclic) bond motifs is 5. The van der Waals surface area contributed by atoms with Gasteiger partial charge in [-0.25, -0.2) is 4.85 Å². The summed E-state index contributed by atoms with van der Waals surface area (Å²) in [4.78, 5) is 8.67. The lowest BCUT2D eigenvalue weighted by Crippen LogP contribution is -2.17. The minimum atomic E-state index is -0.226. The Kier molecular flexibility index (Phi) is 3.67. The van der Waals surface area contributed by atoms with Crippen LogP contribution < -0.4 is 0 Å². The number of aromatic nitrogens is 1. The molecule has 1 heterocycles. The van der Waals surface area contributed by atoms with Gasteiger partial charge in [0.1, 0.15) is 0 Å². The van der Waals surface area contributed by atoms with E-state index in [0.29, 0.717) is 0 Å². The van der Waals surface area contributed by atoms with Crippen molar-refractivity contribution in [1.82, 2.24) is 4.98 Å². The van der Waals surface area contributed by atoms with Crippen LogP contribution in [0.4, 0.5) is 5.69 Å². The standard InChI is InChI=1S/C27H22N2/c1-16-10-11-18(14-17(16)2)26-25-21(12-13-29-26)24-20-9-7-6-8-19(20)23(28-5)15-22(24)27(25,3)4/h6-15H,1-4H3. The lowest BCUT2D eigenvalue weighted by Gasteiger charge is -2.24. The predicted molar refractivity (Wildman–Crippen MR) is 120 cm³/mol. The lowest BCUT2D eigenvalue weighted by molar-refractivity contribution is 0.660. The topological polar surface area (TPSA) is 17.2 Å². The highest BCUT2D eigenvalue weighted by molar-refractivity contribution is 6.08. The van der Waals surface area contributed by atoms with Crippen LogP contribution in [-0.4, -0.2) is 4.98 Å². The van der Waals surface area contributed by atoms with E-state index in [-0.39, 0.29) is 5.41 Å². The molecule has 1 aliphatic rings. The Morgan fingerprint density at radius 1 is 0.897 bits per heavy atom. The van der Waals surface area contributed by atoms with Crippen molar-refractivity contribution in [2.75, 3.05) is 0 Å². The summed E-state index contributed by atoms with van der Waals surface area (Å²) >= 11 is 0. The van der Waals surface area contributed by atoms with Crippen LogP contribution in [-0.2, 0) is 5.41 Å². The van der Waals surface area contributed by atoms with E-state index in [4.69, 9.17) is 11.6 Å². The first-order chi connectivity index (χ1) is 13.9. The fourth-order valence-corrected chi connectivity index (χ4v) is 4.78. The van der Waals surface area contributed by atoms with E-state index in [2.05, 4.69) is 81.1 Å². The van der Waals surface area contributed by atoms with Crippen LogP contribution in [0.3, 0.4) is 0 Å². The molecule has 0 saturated carbocycles. The van der Waals surface area contributed by atoms with Crippen molar-refractivity contribution >= 4 is 16.5 Å². The smallest absolute Gasteiger partial charge is 0.195 e. The molecule has 2 nitrogen and oxygen atoms in total. The van der Waals surface area contributed by atoms with Crippen LogP contribution in [0.2, 0.25) is 0 Å². The van der Waals surface area contributed by atoms with Gasteiger partial charge in [-0.05, 0) is 70.1 Å². The van der Waals surface area contributed by atoms with Crippen LogP contribution in [0.25, 0.3) is 38.0 Å². The molecular formula is C27H22N2. The van der Waals surface area contributed by atoms with Gasteiger partial charge in [-0.3, -0.25) is 4.98 Å². The molecule has 0 bridgehead atoms. The molecule has 1 aromatic heterocycles. The number of aryl methyl sites for hydroxylation is 2. The summed E-state index contributed by atoms with van der Waals surface area (Å²) in [5.74, 6) is 0. The molecule has 3 aromatic carbocycles. The first-order valence-electron chi connectivity index (χ1n) is 9.94. The number of pyridine rings is 1. The minimum absolute atomic E-state index is 0.226. The Bertz CT molecular complexity index is 1350. The normalized spacial score (nSPS) is 13.8. The second kappa shape index (κ2) is 6.03. The molecule has 1 aliphatic carbocycles. The zero-order valence-electron chi connectivity index (χ0n) is 17.2. The quantitative estimate of drug-likeness (QED) is 0.318. The number of rotatable bonds is 1. The van der Waals surface area contributed by atoms with Crippen molar-refractivity contribution in [3.05, 3.63) is 94.5 Å². The van der Waals surface area contributed by atoms with Crippen molar-refractivity contribution in [3.63, 3.8) is 0 Å². The van der Waals surface area contributed by atoms with Crippen LogP contribution in [0.5, 0.6) is 0 Å². The Hall–Kier alpha value is -3.44. The summed E-state index contributed by atoms with van der Waals surface area (Å²) in [6, 6.07) is 19.1. The van der Waals surface area contributed by atoms with Gasteiger partial charge in [0, 0.05) is 17.2 Å². The third-order valence-electron chi connectivity index (χ3n) is 6.44. The van der Waals surface area contributed by atoms with E-state index in [1.807, 2.05) is 12.3 Å². The average Bonchev–Trinajstić information content (AvgIpc) is 2.97. The van der Waals surface area contributed by atoms with Gasteiger partial charge in [0.05, 0.1) is 12.3 Å². The SMILES string of the molecule is [C-]#[N+]c1cc2c(c3ccccc13)-c1ccnc(-c3ccc(C)c(C)c3)c1C2(C)C. The van der Waals surface area contributed by atoms with Gasteiger partial charge >= 0.3 is 0 Å². The van der Waals surface area contributed by atoms with Gasteiger partial charge < -0.3 is 0 Å². The highest BCUT2D eigenvalue weighted by atomic mass is 14.7. The minimum Gasteiger partial charge on any atom is -0.256 e. The molecule has 0 fully saturated rings. The van der Waals surface area contributed by atoms with Gasteiger partial charge in [-0.2, -0.15) is 0 Å². The lowest BCUT2D eigenvalue weighted by atomic mass is 9.80. The Morgan fingerprint density at radius 3 is 2.38 bits per heavy atom. The van der Waals surface area contributed by atoms with E-state index >= 15 is 0 Å². The van der Waals surface area contributed by atoms with Gasteiger partial charge in [0.15, 0.2) is 5.69 Å². The van der Waals surface area contributed by atoms with Gasteiger partial charge in [0.2, 0.25) is 0 Å². The maximum atomic E-state index is 7.71. The summed E-state index contributed by atoms with van der Waals surface area (Å²) in [5, 5.41) is 2.18. The van der Waals surface area contributed by atoms with Crippen molar-refractivity contribution < 1.29 is 0 Å². The molecule has 0 N–H and O–H groups in total. The molecule has 0 amide bonds. The largest absolute Gasteiger partial charge is 0.256 e. The number of nitrogens with zero attached hydrogens (tertiary/aromatic N) is 2. The Labute approximate surface area is 171 Å². The van der Waals surface area contributed by atoms with Crippen molar-refractivity contribution in [3.8, 4) is 22.4 Å². The molecule has 0 radical (unpaired) electrons. The first kappa shape index (κ1) is 17.6. The summed E-state index contributed by atoms with van der Waals surface area (Å²) < 4.78 is 0. The zero-order chi connectivity index (χ0) is 20.3. The van der Waals surface area contributed by atoms with E-state index in [1.165, 1.54) is 33.4 Å². The van der Waals surface area contributed by atoms with Crippen LogP contribution in [0, 0.1) is 20.4 Å². The van der Waals surface area contributed by atoms with Crippen LogP contribution in [0.15, 0.2) is 60.8 Å². The molecule has 0 saturated heterocycles. The monoisotopic (exact) mass is 374 g/mol. The highest BCUT2D eigenvalue weighted by Gasteiger charge is 2.39. The Balaban J connectivity index is 1.89. The highest BCUT2D eigenvalue weighted by Crippen LogP contribution is 2.55. The Morgan fingerprint density at radius 2 is 1.66 bits per heavy atom. The van der Waals surface area contributed by atoms with Crippen molar-refractivity contribution in [1.29, 1.82) is 0 Å². The number of hydrogen-bond acceptors (Lipinski definition) is 1. The molecule has 0 atom stereocenters. The second-order valence-corrected chi connectivity index (χ2v) is 8.48. The average molecular weight is 374 g/mol. The van der Waals surface area contributed by atoms with Crippen molar-refractivity contribution in [2.24, 2.45) is 0 Å². The molecular weight excluding hydrogens is 352 g/mol. The van der Waals surface area contributed by atoms with E-state index in [0.717, 1.165) is 27.7 Å². The van der Waals surface area contributed by atoms with Gasteiger partial charge in [-0.15, -0.1) is 0 Å². The maximum Gasteiger partial charge on any atom is 0.195 e. The molecule has 0 unspecified atom stereocenters.